The summed E-state index contributed by atoms with van der Waals surface area (Å²) in [7, 11) is 3.41. The fourth-order valence-electron chi connectivity index (χ4n) is 1.78. The topological polar surface area (TPSA) is 41.6 Å². The Hall–Kier alpha value is -1.55. The predicted octanol–water partition coefficient (Wildman–Crippen LogP) is 2.05. The second-order valence-corrected chi connectivity index (χ2v) is 4.32. The maximum absolute atomic E-state index is 12.1. The summed E-state index contributed by atoms with van der Waals surface area (Å²) in [5.74, 6) is 0.851. The Morgan fingerprint density at radius 2 is 2.22 bits per heavy atom. The number of carbonyl (C=O) groups is 1. The molecule has 1 rings (SSSR count). The van der Waals surface area contributed by atoms with Crippen molar-refractivity contribution in [2.45, 2.75) is 26.3 Å². The van der Waals surface area contributed by atoms with Gasteiger partial charge in [-0.2, -0.15) is 0 Å². The first kappa shape index (κ1) is 14.5. The number of methoxy groups -OCH3 is 1. The fourth-order valence-corrected chi connectivity index (χ4v) is 1.78. The Labute approximate surface area is 109 Å². The van der Waals surface area contributed by atoms with Gasteiger partial charge in [-0.05, 0) is 25.6 Å². The second-order valence-electron chi connectivity index (χ2n) is 4.32. The first-order valence-electron chi connectivity index (χ1n) is 6.22. The lowest BCUT2D eigenvalue weighted by atomic mass is 10.2. The maximum Gasteiger partial charge on any atom is 0.228 e. The molecule has 0 heterocycles. The lowest BCUT2D eigenvalue weighted by molar-refractivity contribution is -0.118. The molecule has 0 aliphatic carbocycles. The van der Waals surface area contributed by atoms with Crippen molar-refractivity contribution in [1.82, 2.24) is 5.32 Å². The van der Waals surface area contributed by atoms with E-state index in [2.05, 4.69) is 5.32 Å². The Balaban J connectivity index is 2.67. The van der Waals surface area contributed by atoms with Crippen molar-refractivity contribution in [2.24, 2.45) is 0 Å². The van der Waals surface area contributed by atoms with Crippen LogP contribution in [0.3, 0.4) is 0 Å². The van der Waals surface area contributed by atoms with E-state index in [1.807, 2.05) is 38.1 Å². The predicted molar refractivity (Wildman–Crippen MR) is 74.2 cm³/mol. The maximum atomic E-state index is 12.1. The van der Waals surface area contributed by atoms with E-state index in [0.717, 1.165) is 18.0 Å². The second kappa shape index (κ2) is 7.01. The first-order chi connectivity index (χ1) is 8.58. The number of nitrogens with one attached hydrogen (secondary N) is 1. The summed E-state index contributed by atoms with van der Waals surface area (Å²) in [4.78, 5) is 13.7. The van der Waals surface area contributed by atoms with Gasteiger partial charge in [0, 0.05) is 31.3 Å². The third kappa shape index (κ3) is 4.04. The Morgan fingerprint density at radius 1 is 1.50 bits per heavy atom. The molecule has 0 saturated carbocycles. The zero-order chi connectivity index (χ0) is 13.5. The van der Waals surface area contributed by atoms with Crippen LogP contribution in [0.4, 0.5) is 5.69 Å². The van der Waals surface area contributed by atoms with E-state index in [-0.39, 0.29) is 11.9 Å². The molecule has 0 aliphatic rings. The lowest BCUT2D eigenvalue weighted by Gasteiger charge is -2.20. The van der Waals surface area contributed by atoms with E-state index < -0.39 is 0 Å². The van der Waals surface area contributed by atoms with Gasteiger partial charge in [0.15, 0.2) is 0 Å². The van der Waals surface area contributed by atoms with Crippen molar-refractivity contribution < 1.29 is 9.53 Å². The van der Waals surface area contributed by atoms with Crippen molar-refractivity contribution in [3.8, 4) is 5.75 Å². The molecule has 18 heavy (non-hydrogen) atoms. The molecule has 1 aromatic carbocycles. The molecular formula is C14H22N2O2. The third-order valence-corrected chi connectivity index (χ3v) is 2.85. The zero-order valence-electron chi connectivity index (χ0n) is 11.6. The minimum absolute atomic E-state index is 0.0942. The SMILES string of the molecule is CCNC(C)CC(=O)N(C)c1cccc(OC)c1. The average Bonchev–Trinajstić information content (AvgIpc) is 2.38. The van der Waals surface area contributed by atoms with Crippen molar-refractivity contribution in [2.75, 3.05) is 25.6 Å². The molecule has 100 valence electrons. The van der Waals surface area contributed by atoms with E-state index in [0.29, 0.717) is 6.42 Å². The van der Waals surface area contributed by atoms with Crippen LogP contribution in [0, 0.1) is 0 Å². The van der Waals surface area contributed by atoms with E-state index in [4.69, 9.17) is 4.74 Å². The molecule has 0 fully saturated rings. The number of anilines is 1. The summed E-state index contributed by atoms with van der Waals surface area (Å²) in [5.41, 5.74) is 0.850. The molecule has 1 unspecified atom stereocenters. The van der Waals surface area contributed by atoms with Gasteiger partial charge in [0.1, 0.15) is 5.75 Å². The van der Waals surface area contributed by atoms with Gasteiger partial charge in [0.2, 0.25) is 5.91 Å². The van der Waals surface area contributed by atoms with Gasteiger partial charge < -0.3 is 15.0 Å². The number of benzene rings is 1. The fraction of sp³-hybridized carbons (Fsp3) is 0.500. The number of rotatable bonds is 6. The highest BCUT2D eigenvalue weighted by molar-refractivity contribution is 5.93. The summed E-state index contributed by atoms with van der Waals surface area (Å²) in [5, 5.41) is 3.23. The molecule has 0 spiro atoms. The summed E-state index contributed by atoms with van der Waals surface area (Å²) in [6.45, 7) is 4.92. The van der Waals surface area contributed by atoms with E-state index in [1.165, 1.54) is 0 Å². The highest BCUT2D eigenvalue weighted by Crippen LogP contribution is 2.20. The number of hydrogen-bond donors (Lipinski definition) is 1. The van der Waals surface area contributed by atoms with Crippen LogP contribution in [0.1, 0.15) is 20.3 Å². The molecule has 0 saturated heterocycles. The average molecular weight is 250 g/mol. The zero-order valence-corrected chi connectivity index (χ0v) is 11.6. The number of ether oxygens (including phenoxy) is 1. The smallest absolute Gasteiger partial charge is 0.228 e. The summed E-state index contributed by atoms with van der Waals surface area (Å²) in [6.07, 6.45) is 0.488. The highest BCUT2D eigenvalue weighted by atomic mass is 16.5. The molecule has 1 amide bonds. The van der Waals surface area contributed by atoms with E-state index in [1.54, 1.807) is 19.1 Å². The number of carbonyl (C=O) groups excluding carboxylic acids is 1. The minimum atomic E-state index is 0.0942. The molecule has 0 aromatic heterocycles. The number of nitrogens with zero attached hydrogens (tertiary/aromatic N) is 1. The summed E-state index contributed by atoms with van der Waals surface area (Å²) >= 11 is 0. The van der Waals surface area contributed by atoms with Gasteiger partial charge in [0.25, 0.3) is 0 Å². The van der Waals surface area contributed by atoms with Crippen molar-refractivity contribution in [3.63, 3.8) is 0 Å². The number of hydrogen-bond acceptors (Lipinski definition) is 3. The summed E-state index contributed by atoms with van der Waals surface area (Å²) < 4.78 is 5.15. The molecule has 0 radical (unpaired) electrons. The van der Waals surface area contributed by atoms with E-state index in [9.17, 15) is 4.79 Å². The molecule has 4 heteroatoms. The molecule has 0 aliphatic heterocycles. The normalized spacial score (nSPS) is 12.0. The monoisotopic (exact) mass is 250 g/mol. The standard InChI is InChI=1S/C14H22N2O2/c1-5-15-11(2)9-14(17)16(3)12-7-6-8-13(10-12)18-4/h6-8,10-11,15H,5,9H2,1-4H3. The minimum Gasteiger partial charge on any atom is -0.497 e. The van der Waals surface area contributed by atoms with Crippen LogP contribution in [0.25, 0.3) is 0 Å². The van der Waals surface area contributed by atoms with Gasteiger partial charge in [0.05, 0.1) is 7.11 Å². The van der Waals surface area contributed by atoms with Gasteiger partial charge in [-0.1, -0.05) is 13.0 Å². The van der Waals surface area contributed by atoms with Crippen LogP contribution in [-0.4, -0.2) is 32.7 Å². The largest absolute Gasteiger partial charge is 0.497 e. The Kier molecular flexibility index (Phi) is 5.65. The van der Waals surface area contributed by atoms with Crippen LogP contribution in [0.5, 0.6) is 5.75 Å². The van der Waals surface area contributed by atoms with Crippen molar-refractivity contribution >= 4 is 11.6 Å². The van der Waals surface area contributed by atoms with Gasteiger partial charge in [-0.15, -0.1) is 0 Å². The summed E-state index contributed by atoms with van der Waals surface area (Å²) in [6, 6.07) is 7.69. The molecule has 0 bridgehead atoms. The van der Waals surface area contributed by atoms with E-state index >= 15 is 0 Å². The van der Waals surface area contributed by atoms with Crippen LogP contribution < -0.4 is 15.0 Å². The van der Waals surface area contributed by atoms with Crippen molar-refractivity contribution in [3.05, 3.63) is 24.3 Å². The van der Waals surface area contributed by atoms with Crippen LogP contribution in [0.15, 0.2) is 24.3 Å². The number of amides is 1. The first-order valence-corrected chi connectivity index (χ1v) is 6.22. The molecular weight excluding hydrogens is 228 g/mol. The molecule has 1 atom stereocenters. The highest BCUT2D eigenvalue weighted by Gasteiger charge is 2.14. The van der Waals surface area contributed by atoms with Crippen LogP contribution in [0.2, 0.25) is 0 Å². The van der Waals surface area contributed by atoms with Crippen LogP contribution >= 0.6 is 0 Å². The third-order valence-electron chi connectivity index (χ3n) is 2.85. The van der Waals surface area contributed by atoms with Gasteiger partial charge in [-0.3, -0.25) is 4.79 Å². The van der Waals surface area contributed by atoms with Gasteiger partial charge >= 0.3 is 0 Å². The molecule has 1 aromatic rings. The lowest BCUT2D eigenvalue weighted by Crippen LogP contribution is -2.34. The van der Waals surface area contributed by atoms with Crippen LogP contribution in [-0.2, 0) is 4.79 Å². The van der Waals surface area contributed by atoms with Gasteiger partial charge in [-0.25, -0.2) is 0 Å². The van der Waals surface area contributed by atoms with Crippen molar-refractivity contribution in [1.29, 1.82) is 0 Å². The Bertz CT molecular complexity index is 393. The molecule has 4 nitrogen and oxygen atoms in total. The quantitative estimate of drug-likeness (QED) is 0.840. The molecule has 1 N–H and O–H groups in total. The Morgan fingerprint density at radius 3 is 2.83 bits per heavy atom.